The molecular weight excluding hydrogens is 243 g/mol. The SMILES string of the molecule is O=C(Cc1ccccc1F)NCCC1=CCNCC1. The van der Waals surface area contributed by atoms with Crippen molar-refractivity contribution in [3.63, 3.8) is 0 Å². The van der Waals surface area contributed by atoms with Crippen molar-refractivity contribution >= 4 is 5.91 Å². The quantitative estimate of drug-likeness (QED) is 0.794. The second kappa shape index (κ2) is 7.04. The Morgan fingerprint density at radius 3 is 2.95 bits per heavy atom. The highest BCUT2D eigenvalue weighted by Crippen LogP contribution is 2.09. The van der Waals surface area contributed by atoms with Gasteiger partial charge in [-0.1, -0.05) is 29.8 Å². The van der Waals surface area contributed by atoms with Gasteiger partial charge < -0.3 is 10.6 Å². The predicted molar refractivity (Wildman–Crippen MR) is 73.3 cm³/mol. The lowest BCUT2D eigenvalue weighted by Gasteiger charge is -2.14. The van der Waals surface area contributed by atoms with Crippen LogP contribution in [0.1, 0.15) is 18.4 Å². The van der Waals surface area contributed by atoms with Gasteiger partial charge in [0.25, 0.3) is 0 Å². The molecule has 3 nitrogen and oxygen atoms in total. The van der Waals surface area contributed by atoms with Crippen LogP contribution in [0.5, 0.6) is 0 Å². The molecule has 1 aliphatic heterocycles. The van der Waals surface area contributed by atoms with Crippen molar-refractivity contribution in [3.8, 4) is 0 Å². The first kappa shape index (κ1) is 13.7. The Balaban J connectivity index is 1.73. The van der Waals surface area contributed by atoms with Gasteiger partial charge in [-0.05, 0) is 31.0 Å². The first-order chi connectivity index (χ1) is 9.25. The number of nitrogens with one attached hydrogen (secondary N) is 2. The number of rotatable bonds is 5. The summed E-state index contributed by atoms with van der Waals surface area (Å²) < 4.78 is 13.4. The van der Waals surface area contributed by atoms with Gasteiger partial charge in [-0.2, -0.15) is 0 Å². The molecule has 2 rings (SSSR count). The van der Waals surface area contributed by atoms with E-state index in [-0.39, 0.29) is 18.1 Å². The van der Waals surface area contributed by atoms with Crippen molar-refractivity contribution in [1.82, 2.24) is 10.6 Å². The molecule has 0 saturated heterocycles. The van der Waals surface area contributed by atoms with Crippen molar-refractivity contribution in [2.24, 2.45) is 0 Å². The van der Waals surface area contributed by atoms with Crippen LogP contribution in [-0.2, 0) is 11.2 Å². The minimum absolute atomic E-state index is 0.104. The Morgan fingerprint density at radius 2 is 2.21 bits per heavy atom. The maximum Gasteiger partial charge on any atom is 0.224 e. The van der Waals surface area contributed by atoms with Gasteiger partial charge in [0.15, 0.2) is 0 Å². The third-order valence-electron chi connectivity index (χ3n) is 3.24. The first-order valence-corrected chi connectivity index (χ1v) is 6.64. The van der Waals surface area contributed by atoms with Crippen molar-refractivity contribution in [2.45, 2.75) is 19.3 Å². The molecule has 1 amide bonds. The minimum atomic E-state index is -0.321. The molecule has 0 spiro atoms. The molecule has 0 unspecified atom stereocenters. The van der Waals surface area contributed by atoms with Crippen molar-refractivity contribution in [3.05, 3.63) is 47.3 Å². The van der Waals surface area contributed by atoms with E-state index >= 15 is 0 Å². The van der Waals surface area contributed by atoms with Crippen LogP contribution in [-0.4, -0.2) is 25.5 Å². The van der Waals surface area contributed by atoms with Gasteiger partial charge in [0.1, 0.15) is 5.82 Å². The molecule has 1 aromatic carbocycles. The fraction of sp³-hybridized carbons (Fsp3) is 0.400. The number of halogens is 1. The molecule has 4 heteroatoms. The monoisotopic (exact) mass is 262 g/mol. The molecule has 0 saturated carbocycles. The molecule has 0 bridgehead atoms. The van der Waals surface area contributed by atoms with Crippen LogP contribution in [0.25, 0.3) is 0 Å². The van der Waals surface area contributed by atoms with Gasteiger partial charge in [-0.3, -0.25) is 4.79 Å². The van der Waals surface area contributed by atoms with Gasteiger partial charge in [0.2, 0.25) is 5.91 Å². The standard InChI is InChI=1S/C15H19FN2O/c16-14-4-2-1-3-13(14)11-15(19)18-10-7-12-5-8-17-9-6-12/h1-5,17H,6-11H2,(H,18,19). The highest BCUT2D eigenvalue weighted by atomic mass is 19.1. The zero-order valence-corrected chi connectivity index (χ0v) is 10.9. The van der Waals surface area contributed by atoms with E-state index in [0.717, 1.165) is 25.9 Å². The van der Waals surface area contributed by atoms with E-state index in [0.29, 0.717) is 12.1 Å². The van der Waals surface area contributed by atoms with Crippen LogP contribution in [0.3, 0.4) is 0 Å². The summed E-state index contributed by atoms with van der Waals surface area (Å²) in [7, 11) is 0. The highest BCUT2D eigenvalue weighted by molar-refractivity contribution is 5.78. The van der Waals surface area contributed by atoms with Crippen LogP contribution < -0.4 is 10.6 Å². The maximum absolute atomic E-state index is 13.4. The third-order valence-corrected chi connectivity index (χ3v) is 3.24. The molecule has 1 heterocycles. The van der Waals surface area contributed by atoms with E-state index in [9.17, 15) is 9.18 Å². The second-order valence-corrected chi connectivity index (χ2v) is 4.68. The van der Waals surface area contributed by atoms with Crippen LogP contribution in [0, 0.1) is 5.82 Å². The molecular formula is C15H19FN2O. The largest absolute Gasteiger partial charge is 0.355 e. The van der Waals surface area contributed by atoms with E-state index in [2.05, 4.69) is 16.7 Å². The van der Waals surface area contributed by atoms with Crippen molar-refractivity contribution < 1.29 is 9.18 Å². The number of carbonyl (C=O) groups excluding carboxylic acids is 1. The average Bonchev–Trinajstić information content (AvgIpc) is 2.43. The number of benzene rings is 1. The summed E-state index contributed by atoms with van der Waals surface area (Å²) in [5, 5.41) is 6.09. The zero-order chi connectivity index (χ0) is 13.5. The lowest BCUT2D eigenvalue weighted by Crippen LogP contribution is -2.28. The van der Waals surface area contributed by atoms with Crippen LogP contribution in [0.4, 0.5) is 4.39 Å². The molecule has 0 aliphatic carbocycles. The fourth-order valence-corrected chi connectivity index (χ4v) is 2.14. The summed E-state index contributed by atoms with van der Waals surface area (Å²) >= 11 is 0. The summed E-state index contributed by atoms with van der Waals surface area (Å²) in [6, 6.07) is 6.39. The van der Waals surface area contributed by atoms with Gasteiger partial charge in [-0.15, -0.1) is 0 Å². The summed E-state index contributed by atoms with van der Waals surface area (Å²) in [6.07, 6.45) is 4.20. The Kier molecular flexibility index (Phi) is 5.10. The molecule has 0 radical (unpaired) electrons. The second-order valence-electron chi connectivity index (χ2n) is 4.68. The van der Waals surface area contributed by atoms with Gasteiger partial charge >= 0.3 is 0 Å². The van der Waals surface area contributed by atoms with Crippen molar-refractivity contribution in [2.75, 3.05) is 19.6 Å². The van der Waals surface area contributed by atoms with Gasteiger partial charge in [-0.25, -0.2) is 4.39 Å². The van der Waals surface area contributed by atoms with Gasteiger partial charge in [0.05, 0.1) is 6.42 Å². The maximum atomic E-state index is 13.4. The number of carbonyl (C=O) groups is 1. The van der Waals surface area contributed by atoms with E-state index < -0.39 is 0 Å². The normalized spacial score (nSPS) is 14.9. The summed E-state index contributed by atoms with van der Waals surface area (Å²) in [5.41, 5.74) is 1.83. The van der Waals surface area contributed by atoms with E-state index in [1.165, 1.54) is 11.6 Å². The predicted octanol–water partition coefficient (Wildman–Crippen LogP) is 1.79. The topological polar surface area (TPSA) is 41.1 Å². The zero-order valence-electron chi connectivity index (χ0n) is 10.9. The molecule has 1 aromatic rings. The molecule has 2 N–H and O–H groups in total. The number of amides is 1. The Bertz CT molecular complexity index is 471. The summed E-state index contributed by atoms with van der Waals surface area (Å²) in [4.78, 5) is 11.7. The van der Waals surface area contributed by atoms with E-state index in [1.807, 2.05) is 0 Å². The van der Waals surface area contributed by atoms with Crippen LogP contribution in [0.15, 0.2) is 35.9 Å². The van der Waals surface area contributed by atoms with Crippen molar-refractivity contribution in [1.29, 1.82) is 0 Å². The Morgan fingerprint density at radius 1 is 1.37 bits per heavy atom. The number of hydrogen-bond donors (Lipinski definition) is 2. The average molecular weight is 262 g/mol. The first-order valence-electron chi connectivity index (χ1n) is 6.64. The minimum Gasteiger partial charge on any atom is -0.355 e. The number of hydrogen-bond acceptors (Lipinski definition) is 2. The Labute approximate surface area is 112 Å². The molecule has 19 heavy (non-hydrogen) atoms. The molecule has 0 aromatic heterocycles. The summed E-state index contributed by atoms with van der Waals surface area (Å²) in [5.74, 6) is -0.446. The van der Waals surface area contributed by atoms with E-state index in [4.69, 9.17) is 0 Å². The van der Waals surface area contributed by atoms with Crippen LogP contribution >= 0.6 is 0 Å². The van der Waals surface area contributed by atoms with E-state index in [1.54, 1.807) is 18.2 Å². The van der Waals surface area contributed by atoms with Gasteiger partial charge in [0, 0.05) is 13.1 Å². The smallest absolute Gasteiger partial charge is 0.224 e. The summed E-state index contributed by atoms with van der Waals surface area (Å²) in [6.45, 7) is 2.55. The molecule has 1 aliphatic rings. The lowest BCUT2D eigenvalue weighted by molar-refractivity contribution is -0.120. The third kappa shape index (κ3) is 4.48. The molecule has 0 fully saturated rings. The molecule has 102 valence electrons. The highest BCUT2D eigenvalue weighted by Gasteiger charge is 2.08. The van der Waals surface area contributed by atoms with Crippen LogP contribution in [0.2, 0.25) is 0 Å². The lowest BCUT2D eigenvalue weighted by atomic mass is 10.1. The fourth-order valence-electron chi connectivity index (χ4n) is 2.14. The molecule has 0 atom stereocenters. The Hall–Kier alpha value is -1.68.